The number of ether oxygens (including phenoxy) is 1. The number of methoxy groups -OCH3 is 1. The number of alkyl halides is 3. The Balaban J connectivity index is 2.64. The monoisotopic (exact) mass is 296 g/mol. The van der Waals surface area contributed by atoms with Crippen molar-refractivity contribution in [1.29, 1.82) is 5.26 Å². The molecule has 7 heteroatoms. The van der Waals surface area contributed by atoms with Crippen LogP contribution in [0.1, 0.15) is 11.1 Å². The molecule has 0 aliphatic carbocycles. The number of halogens is 4. The molecule has 0 saturated carbocycles. The van der Waals surface area contributed by atoms with Crippen LogP contribution in [0.15, 0.2) is 30.5 Å². The molecule has 3 nitrogen and oxygen atoms in total. The second kappa shape index (κ2) is 5.40. The molecule has 0 saturated heterocycles. The van der Waals surface area contributed by atoms with Gasteiger partial charge in [0.1, 0.15) is 5.82 Å². The van der Waals surface area contributed by atoms with Gasteiger partial charge < -0.3 is 4.74 Å². The Morgan fingerprint density at radius 1 is 1.24 bits per heavy atom. The van der Waals surface area contributed by atoms with Crippen LogP contribution < -0.4 is 4.74 Å². The molecule has 0 aliphatic rings. The molecule has 0 N–H and O–H groups in total. The minimum atomic E-state index is -4.70. The van der Waals surface area contributed by atoms with Gasteiger partial charge in [0.15, 0.2) is 0 Å². The van der Waals surface area contributed by atoms with Gasteiger partial charge in [0.2, 0.25) is 5.88 Å². The van der Waals surface area contributed by atoms with Gasteiger partial charge in [-0.2, -0.15) is 18.4 Å². The van der Waals surface area contributed by atoms with Gasteiger partial charge in [0.05, 0.1) is 30.5 Å². The Morgan fingerprint density at radius 2 is 1.95 bits per heavy atom. The Hall–Kier alpha value is -2.62. The first-order valence-corrected chi connectivity index (χ1v) is 5.68. The van der Waals surface area contributed by atoms with Crippen LogP contribution in [0.3, 0.4) is 0 Å². The lowest BCUT2D eigenvalue weighted by atomic mass is 9.99. The lowest BCUT2D eigenvalue weighted by Gasteiger charge is -2.11. The highest BCUT2D eigenvalue weighted by Crippen LogP contribution is 2.35. The number of benzene rings is 1. The Morgan fingerprint density at radius 3 is 2.52 bits per heavy atom. The van der Waals surface area contributed by atoms with Gasteiger partial charge in [-0.1, -0.05) is 6.07 Å². The molecule has 108 valence electrons. The Labute approximate surface area is 117 Å². The molecule has 1 aromatic heterocycles. The fourth-order valence-electron chi connectivity index (χ4n) is 1.80. The Kier molecular flexibility index (Phi) is 3.80. The van der Waals surface area contributed by atoms with Crippen LogP contribution in [0, 0.1) is 17.1 Å². The van der Waals surface area contributed by atoms with Crippen LogP contribution in [0.25, 0.3) is 11.1 Å². The highest BCUT2D eigenvalue weighted by Gasteiger charge is 2.34. The van der Waals surface area contributed by atoms with Crippen LogP contribution >= 0.6 is 0 Å². The third-order valence-corrected chi connectivity index (χ3v) is 2.80. The van der Waals surface area contributed by atoms with Gasteiger partial charge >= 0.3 is 6.18 Å². The highest BCUT2D eigenvalue weighted by molar-refractivity contribution is 5.67. The van der Waals surface area contributed by atoms with Crippen LogP contribution in [-0.2, 0) is 6.18 Å². The maximum Gasteiger partial charge on any atom is 0.417 e. The molecule has 1 aromatic carbocycles. The summed E-state index contributed by atoms with van der Waals surface area (Å²) in [6, 6.07) is 5.64. The molecule has 0 unspecified atom stereocenters. The highest BCUT2D eigenvalue weighted by atomic mass is 19.4. The average Bonchev–Trinajstić information content (AvgIpc) is 2.46. The van der Waals surface area contributed by atoms with Crippen molar-refractivity contribution in [3.63, 3.8) is 0 Å². The number of pyridine rings is 1. The first-order valence-electron chi connectivity index (χ1n) is 5.68. The van der Waals surface area contributed by atoms with Crippen LogP contribution in [0.5, 0.6) is 5.88 Å². The van der Waals surface area contributed by atoms with Crippen molar-refractivity contribution in [3.8, 4) is 23.1 Å². The maximum absolute atomic E-state index is 13.7. The lowest BCUT2D eigenvalue weighted by molar-refractivity contribution is -0.137. The van der Waals surface area contributed by atoms with E-state index >= 15 is 0 Å². The van der Waals surface area contributed by atoms with Gasteiger partial charge in [0.25, 0.3) is 0 Å². The van der Waals surface area contributed by atoms with Gasteiger partial charge in [-0.05, 0) is 17.7 Å². The standard InChI is InChI=1S/C14H8F4N2O/c1-21-13-5-10(12(15)7-20-13)8-2-3-9(6-19)11(4-8)14(16,17)18/h2-5,7H,1H3. The largest absolute Gasteiger partial charge is 0.481 e. The second-order valence-corrected chi connectivity index (χ2v) is 4.08. The predicted octanol–water partition coefficient (Wildman–Crippen LogP) is 3.79. The van der Waals surface area contributed by atoms with E-state index in [9.17, 15) is 17.6 Å². The van der Waals surface area contributed by atoms with E-state index in [2.05, 4.69) is 4.98 Å². The summed E-state index contributed by atoms with van der Waals surface area (Å²) in [7, 11) is 1.31. The summed E-state index contributed by atoms with van der Waals surface area (Å²) in [5.41, 5.74) is -1.73. The van der Waals surface area contributed by atoms with E-state index in [4.69, 9.17) is 10.00 Å². The van der Waals surface area contributed by atoms with E-state index < -0.39 is 23.1 Å². The van der Waals surface area contributed by atoms with E-state index in [0.717, 1.165) is 18.3 Å². The zero-order chi connectivity index (χ0) is 15.6. The molecule has 2 aromatic rings. The number of rotatable bonds is 2. The zero-order valence-electron chi connectivity index (χ0n) is 10.7. The molecule has 0 spiro atoms. The zero-order valence-corrected chi connectivity index (χ0v) is 10.7. The molecule has 0 radical (unpaired) electrons. The van der Waals surface area contributed by atoms with Crippen LogP contribution in [0.2, 0.25) is 0 Å². The molecular formula is C14H8F4N2O. The van der Waals surface area contributed by atoms with Crippen molar-refractivity contribution in [2.75, 3.05) is 7.11 Å². The van der Waals surface area contributed by atoms with E-state index in [1.807, 2.05) is 0 Å². The number of nitrogens with zero attached hydrogens (tertiary/aromatic N) is 2. The number of hydrogen-bond donors (Lipinski definition) is 0. The van der Waals surface area contributed by atoms with E-state index in [1.54, 1.807) is 0 Å². The van der Waals surface area contributed by atoms with E-state index in [0.29, 0.717) is 0 Å². The third kappa shape index (κ3) is 2.94. The summed E-state index contributed by atoms with van der Waals surface area (Å²) < 4.78 is 57.2. The van der Waals surface area contributed by atoms with Crippen molar-refractivity contribution in [2.45, 2.75) is 6.18 Å². The van der Waals surface area contributed by atoms with E-state index in [1.165, 1.54) is 25.3 Å². The van der Waals surface area contributed by atoms with Crippen molar-refractivity contribution in [3.05, 3.63) is 47.4 Å². The van der Waals surface area contributed by atoms with Gasteiger partial charge in [-0.25, -0.2) is 9.37 Å². The summed E-state index contributed by atoms with van der Waals surface area (Å²) in [6.45, 7) is 0. The summed E-state index contributed by atoms with van der Waals surface area (Å²) in [6.07, 6.45) is -3.84. The predicted molar refractivity (Wildman–Crippen MR) is 65.9 cm³/mol. The van der Waals surface area contributed by atoms with Crippen LogP contribution in [0.4, 0.5) is 17.6 Å². The number of aromatic nitrogens is 1. The fourth-order valence-corrected chi connectivity index (χ4v) is 1.80. The van der Waals surface area contributed by atoms with E-state index in [-0.39, 0.29) is 17.0 Å². The van der Waals surface area contributed by atoms with Crippen molar-refractivity contribution in [2.24, 2.45) is 0 Å². The molecule has 0 amide bonds. The third-order valence-electron chi connectivity index (χ3n) is 2.80. The molecule has 2 rings (SSSR count). The SMILES string of the molecule is COc1cc(-c2ccc(C#N)c(C(F)(F)F)c2)c(F)cn1. The number of hydrogen-bond acceptors (Lipinski definition) is 3. The minimum absolute atomic E-state index is 0.0143. The fraction of sp³-hybridized carbons (Fsp3) is 0.143. The molecule has 0 aliphatic heterocycles. The normalized spacial score (nSPS) is 11.0. The molecular weight excluding hydrogens is 288 g/mol. The topological polar surface area (TPSA) is 45.9 Å². The molecule has 21 heavy (non-hydrogen) atoms. The number of nitriles is 1. The summed E-state index contributed by atoms with van der Waals surface area (Å²) in [5.74, 6) is -0.710. The smallest absolute Gasteiger partial charge is 0.417 e. The maximum atomic E-state index is 13.7. The first kappa shape index (κ1) is 14.8. The lowest BCUT2D eigenvalue weighted by Crippen LogP contribution is -2.08. The summed E-state index contributed by atoms with van der Waals surface area (Å²) in [5, 5.41) is 8.73. The van der Waals surface area contributed by atoms with Crippen molar-refractivity contribution < 1.29 is 22.3 Å². The summed E-state index contributed by atoms with van der Waals surface area (Å²) in [4.78, 5) is 3.62. The Bertz CT molecular complexity index is 720. The van der Waals surface area contributed by atoms with Gasteiger partial charge in [0, 0.05) is 11.6 Å². The van der Waals surface area contributed by atoms with Crippen LogP contribution in [-0.4, -0.2) is 12.1 Å². The quantitative estimate of drug-likeness (QED) is 0.792. The van der Waals surface area contributed by atoms with Crippen molar-refractivity contribution >= 4 is 0 Å². The molecule has 0 fully saturated rings. The molecule has 0 atom stereocenters. The molecule has 0 bridgehead atoms. The van der Waals surface area contributed by atoms with Crippen molar-refractivity contribution in [1.82, 2.24) is 4.98 Å². The summed E-state index contributed by atoms with van der Waals surface area (Å²) >= 11 is 0. The average molecular weight is 296 g/mol. The second-order valence-electron chi connectivity index (χ2n) is 4.08. The van der Waals surface area contributed by atoms with Gasteiger partial charge in [-0.3, -0.25) is 0 Å². The molecule has 1 heterocycles. The minimum Gasteiger partial charge on any atom is -0.481 e. The first-order chi connectivity index (χ1) is 9.86. The van der Waals surface area contributed by atoms with Gasteiger partial charge in [-0.15, -0.1) is 0 Å².